The summed E-state index contributed by atoms with van der Waals surface area (Å²) in [5.74, 6) is 1.05. The maximum absolute atomic E-state index is 12.6. The molecule has 110 valence electrons. The van der Waals surface area contributed by atoms with Crippen LogP contribution in [-0.2, 0) is 4.79 Å². The molecule has 0 aromatic carbocycles. The molecule has 0 bridgehead atoms. The number of aliphatic hydroxyl groups is 1. The van der Waals surface area contributed by atoms with Gasteiger partial charge in [0.1, 0.15) is 0 Å². The van der Waals surface area contributed by atoms with Gasteiger partial charge >= 0.3 is 0 Å². The van der Waals surface area contributed by atoms with Crippen molar-refractivity contribution in [2.75, 3.05) is 19.6 Å². The van der Waals surface area contributed by atoms with Crippen LogP contribution in [0.4, 0.5) is 0 Å². The van der Waals surface area contributed by atoms with Crippen LogP contribution in [0.3, 0.4) is 0 Å². The third-order valence-corrected chi connectivity index (χ3v) is 4.69. The summed E-state index contributed by atoms with van der Waals surface area (Å²) in [6, 6.07) is 0. The van der Waals surface area contributed by atoms with E-state index < -0.39 is 5.60 Å². The van der Waals surface area contributed by atoms with Crippen molar-refractivity contribution in [2.45, 2.75) is 57.5 Å². The summed E-state index contributed by atoms with van der Waals surface area (Å²) in [6.07, 6.45) is 7.13. The molecule has 2 aliphatic rings. The van der Waals surface area contributed by atoms with E-state index >= 15 is 0 Å². The minimum atomic E-state index is -0.695. The molecule has 3 atom stereocenters. The highest BCUT2D eigenvalue weighted by Crippen LogP contribution is 2.33. The first-order chi connectivity index (χ1) is 9.02. The van der Waals surface area contributed by atoms with Crippen LogP contribution in [-0.4, -0.2) is 41.1 Å². The number of amides is 1. The van der Waals surface area contributed by atoms with Crippen LogP contribution in [0.2, 0.25) is 0 Å². The number of hydrogen-bond acceptors (Lipinski definition) is 3. The Balaban J connectivity index is 1.91. The monoisotopic (exact) mass is 268 g/mol. The van der Waals surface area contributed by atoms with Gasteiger partial charge in [0, 0.05) is 19.0 Å². The largest absolute Gasteiger partial charge is 0.388 e. The lowest BCUT2D eigenvalue weighted by atomic mass is 9.79. The van der Waals surface area contributed by atoms with E-state index in [2.05, 4.69) is 0 Å². The van der Waals surface area contributed by atoms with E-state index in [9.17, 15) is 9.90 Å². The Bertz CT molecular complexity index is 315. The summed E-state index contributed by atoms with van der Waals surface area (Å²) in [4.78, 5) is 14.5. The van der Waals surface area contributed by atoms with Gasteiger partial charge in [0.2, 0.25) is 5.91 Å². The number of hydrogen-bond donors (Lipinski definition) is 2. The van der Waals surface area contributed by atoms with Gasteiger partial charge < -0.3 is 15.7 Å². The van der Waals surface area contributed by atoms with Crippen LogP contribution in [0.15, 0.2) is 0 Å². The second kappa shape index (κ2) is 6.23. The van der Waals surface area contributed by atoms with Crippen molar-refractivity contribution in [3.63, 3.8) is 0 Å². The number of carbonyl (C=O) groups is 1. The van der Waals surface area contributed by atoms with Crippen LogP contribution in [0, 0.1) is 11.8 Å². The average molecular weight is 268 g/mol. The quantitative estimate of drug-likeness (QED) is 0.815. The van der Waals surface area contributed by atoms with Crippen molar-refractivity contribution in [3.8, 4) is 0 Å². The molecule has 1 aliphatic heterocycles. The van der Waals surface area contributed by atoms with Crippen molar-refractivity contribution in [3.05, 3.63) is 0 Å². The van der Waals surface area contributed by atoms with Crippen molar-refractivity contribution < 1.29 is 9.90 Å². The number of nitrogens with two attached hydrogens (primary N) is 1. The van der Waals surface area contributed by atoms with E-state index in [0.717, 1.165) is 51.6 Å². The van der Waals surface area contributed by atoms with Gasteiger partial charge in [-0.25, -0.2) is 0 Å². The maximum atomic E-state index is 12.6. The smallest absolute Gasteiger partial charge is 0.225 e. The maximum Gasteiger partial charge on any atom is 0.225 e. The van der Waals surface area contributed by atoms with Crippen molar-refractivity contribution in [2.24, 2.45) is 17.6 Å². The Hall–Kier alpha value is -0.610. The predicted octanol–water partition coefficient (Wildman–Crippen LogP) is 1.51. The van der Waals surface area contributed by atoms with E-state index in [0.29, 0.717) is 12.5 Å². The Labute approximate surface area is 116 Å². The average Bonchev–Trinajstić information content (AvgIpc) is 2.37. The van der Waals surface area contributed by atoms with Crippen LogP contribution in [0.1, 0.15) is 51.9 Å². The molecule has 3 N–H and O–H groups in total. The second-order valence-electron chi connectivity index (χ2n) is 6.67. The number of likely N-dealkylation sites (tertiary alicyclic amines) is 1. The lowest BCUT2D eigenvalue weighted by Gasteiger charge is -2.39. The summed E-state index contributed by atoms with van der Waals surface area (Å²) >= 11 is 0. The second-order valence-corrected chi connectivity index (χ2v) is 6.67. The molecule has 19 heavy (non-hydrogen) atoms. The van der Waals surface area contributed by atoms with Gasteiger partial charge in [0.15, 0.2) is 0 Å². The van der Waals surface area contributed by atoms with Gasteiger partial charge in [-0.15, -0.1) is 0 Å². The summed E-state index contributed by atoms with van der Waals surface area (Å²) in [7, 11) is 0. The van der Waals surface area contributed by atoms with Gasteiger partial charge in [0.05, 0.1) is 5.60 Å². The van der Waals surface area contributed by atoms with Crippen molar-refractivity contribution in [1.29, 1.82) is 0 Å². The summed E-state index contributed by atoms with van der Waals surface area (Å²) in [5.41, 5.74) is 4.94. The van der Waals surface area contributed by atoms with Gasteiger partial charge in [0.25, 0.3) is 0 Å². The number of nitrogens with zero attached hydrogens (tertiary/aromatic N) is 1. The fourth-order valence-corrected chi connectivity index (χ4v) is 3.68. The zero-order valence-corrected chi connectivity index (χ0v) is 12.1. The third kappa shape index (κ3) is 3.93. The molecule has 0 radical (unpaired) electrons. The lowest BCUT2D eigenvalue weighted by molar-refractivity contribution is -0.143. The highest BCUT2D eigenvalue weighted by molar-refractivity contribution is 5.79. The van der Waals surface area contributed by atoms with Gasteiger partial charge in [-0.2, -0.15) is 0 Å². The highest BCUT2D eigenvalue weighted by atomic mass is 16.3. The standard InChI is InChI=1S/C15H28N2O2/c1-15(19)7-3-9-17(11-15)14(18)13-5-2-4-12(10-13)6-8-16/h12-13,19H,2-11,16H2,1H3. The SMILES string of the molecule is CC1(O)CCCN(C(=O)C2CCCC(CCN)C2)C1. The Morgan fingerprint density at radius 3 is 2.89 bits per heavy atom. The van der Waals surface area contributed by atoms with Crippen LogP contribution >= 0.6 is 0 Å². The molecule has 1 aliphatic carbocycles. The summed E-state index contributed by atoms with van der Waals surface area (Å²) in [5, 5.41) is 10.1. The highest BCUT2D eigenvalue weighted by Gasteiger charge is 2.35. The van der Waals surface area contributed by atoms with Gasteiger partial charge in [-0.3, -0.25) is 4.79 Å². The molecule has 1 heterocycles. The number of rotatable bonds is 3. The zero-order chi connectivity index (χ0) is 13.9. The molecular weight excluding hydrogens is 240 g/mol. The molecule has 2 rings (SSSR count). The topological polar surface area (TPSA) is 66.6 Å². The molecular formula is C15H28N2O2. The van der Waals surface area contributed by atoms with Gasteiger partial charge in [-0.1, -0.05) is 12.8 Å². The Kier molecular flexibility index (Phi) is 4.85. The van der Waals surface area contributed by atoms with Crippen LogP contribution in [0.5, 0.6) is 0 Å². The normalized spacial score (nSPS) is 36.3. The zero-order valence-electron chi connectivity index (χ0n) is 12.1. The van der Waals surface area contributed by atoms with E-state index in [-0.39, 0.29) is 11.8 Å². The van der Waals surface area contributed by atoms with Crippen LogP contribution in [0.25, 0.3) is 0 Å². The van der Waals surface area contributed by atoms with Crippen LogP contribution < -0.4 is 5.73 Å². The third-order valence-electron chi connectivity index (χ3n) is 4.69. The molecule has 1 amide bonds. The molecule has 0 spiro atoms. The van der Waals surface area contributed by atoms with Crippen molar-refractivity contribution >= 4 is 5.91 Å². The Morgan fingerprint density at radius 1 is 1.42 bits per heavy atom. The number of β-amino-alcohol motifs (C(OH)–C–C–N with tert-alkyl or cyclic N) is 1. The molecule has 1 saturated carbocycles. The van der Waals surface area contributed by atoms with Gasteiger partial charge in [-0.05, 0) is 51.5 Å². The minimum absolute atomic E-state index is 0.166. The van der Waals surface area contributed by atoms with E-state index in [4.69, 9.17) is 5.73 Å². The molecule has 0 aromatic rings. The van der Waals surface area contributed by atoms with Crippen molar-refractivity contribution in [1.82, 2.24) is 4.90 Å². The predicted molar refractivity (Wildman–Crippen MR) is 75.6 cm³/mol. The molecule has 0 aromatic heterocycles. The first kappa shape index (κ1) is 14.8. The molecule has 1 saturated heterocycles. The minimum Gasteiger partial charge on any atom is -0.388 e. The molecule has 2 fully saturated rings. The lowest BCUT2D eigenvalue weighted by Crippen LogP contribution is -2.50. The molecule has 3 unspecified atom stereocenters. The van der Waals surface area contributed by atoms with E-state index in [1.807, 2.05) is 11.8 Å². The molecule has 4 heteroatoms. The number of carbonyl (C=O) groups excluding carboxylic acids is 1. The molecule has 4 nitrogen and oxygen atoms in total. The fraction of sp³-hybridized carbons (Fsp3) is 0.933. The summed E-state index contributed by atoms with van der Waals surface area (Å²) < 4.78 is 0. The first-order valence-corrected chi connectivity index (χ1v) is 7.73. The fourth-order valence-electron chi connectivity index (χ4n) is 3.68. The number of piperidine rings is 1. The van der Waals surface area contributed by atoms with E-state index in [1.165, 1.54) is 6.42 Å². The van der Waals surface area contributed by atoms with E-state index in [1.54, 1.807) is 0 Å². The summed E-state index contributed by atoms with van der Waals surface area (Å²) in [6.45, 7) is 3.88. The Morgan fingerprint density at radius 2 is 2.21 bits per heavy atom. The first-order valence-electron chi connectivity index (χ1n) is 7.73.